The lowest BCUT2D eigenvalue weighted by molar-refractivity contribution is 0.0993. The summed E-state index contributed by atoms with van der Waals surface area (Å²) in [5.74, 6) is -1.12. The summed E-state index contributed by atoms with van der Waals surface area (Å²) in [6.45, 7) is 0.0811. The van der Waals surface area contributed by atoms with Crippen molar-refractivity contribution in [1.82, 2.24) is 9.78 Å². The third-order valence-corrected chi connectivity index (χ3v) is 2.34. The van der Waals surface area contributed by atoms with E-state index in [0.717, 1.165) is 4.68 Å². The lowest BCUT2D eigenvalue weighted by atomic mass is 10.2. The number of rotatable bonds is 3. The first-order valence-corrected chi connectivity index (χ1v) is 5.18. The van der Waals surface area contributed by atoms with Crippen LogP contribution in [0.1, 0.15) is 16.1 Å². The minimum Gasteiger partial charge on any atom is -0.364 e. The Morgan fingerprint density at radius 1 is 1.33 bits per heavy atom. The molecule has 0 aliphatic rings. The van der Waals surface area contributed by atoms with E-state index in [0.29, 0.717) is 5.56 Å². The number of carbonyl (C=O) groups excluding carboxylic acids is 1. The van der Waals surface area contributed by atoms with Gasteiger partial charge < -0.3 is 5.73 Å². The van der Waals surface area contributed by atoms with E-state index in [1.807, 2.05) is 0 Å². The molecule has 2 rings (SSSR count). The maximum atomic E-state index is 13.0. The highest BCUT2D eigenvalue weighted by molar-refractivity contribution is 5.90. The zero-order valence-electron chi connectivity index (χ0n) is 9.34. The molecule has 0 fully saturated rings. The fourth-order valence-electron chi connectivity index (χ4n) is 1.50. The monoisotopic (exact) mass is 247 g/mol. The van der Waals surface area contributed by atoms with Crippen molar-refractivity contribution < 1.29 is 9.18 Å². The van der Waals surface area contributed by atoms with E-state index in [-0.39, 0.29) is 17.8 Å². The van der Waals surface area contributed by atoms with Crippen molar-refractivity contribution in [3.05, 3.63) is 63.8 Å². The first kappa shape index (κ1) is 12.0. The fourth-order valence-corrected chi connectivity index (χ4v) is 1.50. The fraction of sp³-hybridized carbons (Fsp3) is 0.0833. The van der Waals surface area contributed by atoms with E-state index in [4.69, 9.17) is 5.73 Å². The van der Waals surface area contributed by atoms with Crippen molar-refractivity contribution in [1.29, 1.82) is 0 Å². The Labute approximate surface area is 102 Å². The van der Waals surface area contributed by atoms with Crippen LogP contribution < -0.4 is 11.3 Å². The van der Waals surface area contributed by atoms with Gasteiger partial charge in [0.1, 0.15) is 11.5 Å². The molecule has 0 aliphatic heterocycles. The van der Waals surface area contributed by atoms with Gasteiger partial charge in [0, 0.05) is 6.07 Å². The van der Waals surface area contributed by atoms with Gasteiger partial charge in [0.05, 0.1) is 6.54 Å². The van der Waals surface area contributed by atoms with Gasteiger partial charge in [-0.2, -0.15) is 5.10 Å². The summed E-state index contributed by atoms with van der Waals surface area (Å²) in [6, 6.07) is 8.26. The van der Waals surface area contributed by atoms with Gasteiger partial charge in [0.2, 0.25) is 0 Å². The van der Waals surface area contributed by atoms with E-state index >= 15 is 0 Å². The molecule has 1 heterocycles. The third kappa shape index (κ3) is 2.60. The number of amides is 1. The van der Waals surface area contributed by atoms with Crippen LogP contribution in [0.2, 0.25) is 0 Å². The van der Waals surface area contributed by atoms with Crippen LogP contribution in [0.3, 0.4) is 0 Å². The van der Waals surface area contributed by atoms with Crippen LogP contribution in [-0.2, 0) is 6.54 Å². The molecule has 1 aromatic heterocycles. The molecule has 6 heteroatoms. The second-order valence-corrected chi connectivity index (χ2v) is 3.71. The highest BCUT2D eigenvalue weighted by atomic mass is 19.1. The summed E-state index contributed by atoms with van der Waals surface area (Å²) in [4.78, 5) is 22.5. The summed E-state index contributed by atoms with van der Waals surface area (Å²) in [7, 11) is 0. The van der Waals surface area contributed by atoms with Gasteiger partial charge in [-0.05, 0) is 23.8 Å². The van der Waals surface area contributed by atoms with Crippen LogP contribution >= 0.6 is 0 Å². The largest absolute Gasteiger partial charge is 0.364 e. The lowest BCUT2D eigenvalue weighted by Crippen LogP contribution is -2.26. The molecule has 0 aliphatic carbocycles. The Bertz CT molecular complexity index is 652. The third-order valence-electron chi connectivity index (χ3n) is 2.34. The van der Waals surface area contributed by atoms with E-state index in [1.165, 1.54) is 30.3 Å². The number of aromatic nitrogens is 2. The molecule has 92 valence electrons. The minimum atomic E-state index is -0.719. The lowest BCUT2D eigenvalue weighted by Gasteiger charge is -2.05. The van der Waals surface area contributed by atoms with Crippen LogP contribution in [-0.4, -0.2) is 15.7 Å². The molecule has 0 unspecified atom stereocenters. The summed E-state index contributed by atoms with van der Waals surface area (Å²) < 4.78 is 14.1. The van der Waals surface area contributed by atoms with Gasteiger partial charge in [-0.3, -0.25) is 9.59 Å². The molecule has 5 nitrogen and oxygen atoms in total. The topological polar surface area (TPSA) is 78.0 Å². The SMILES string of the molecule is NC(=O)c1ccc(=O)n(Cc2cccc(F)c2)n1. The molecule has 0 spiro atoms. The van der Waals surface area contributed by atoms with Crippen molar-refractivity contribution in [2.24, 2.45) is 5.73 Å². The smallest absolute Gasteiger partial charge is 0.269 e. The number of hydrogen-bond acceptors (Lipinski definition) is 3. The van der Waals surface area contributed by atoms with Crippen LogP contribution in [0.25, 0.3) is 0 Å². The zero-order chi connectivity index (χ0) is 13.1. The number of hydrogen-bond donors (Lipinski definition) is 1. The Balaban J connectivity index is 2.37. The summed E-state index contributed by atoms with van der Waals surface area (Å²) in [5.41, 5.74) is 5.26. The Kier molecular flexibility index (Phi) is 3.18. The molecular weight excluding hydrogens is 237 g/mol. The molecule has 0 saturated carbocycles. The van der Waals surface area contributed by atoms with Gasteiger partial charge in [-0.15, -0.1) is 0 Å². The molecule has 2 aromatic rings. The highest BCUT2D eigenvalue weighted by Gasteiger charge is 2.06. The first-order valence-electron chi connectivity index (χ1n) is 5.18. The van der Waals surface area contributed by atoms with Crippen molar-refractivity contribution in [2.45, 2.75) is 6.54 Å². The summed E-state index contributed by atoms with van der Waals surface area (Å²) >= 11 is 0. The van der Waals surface area contributed by atoms with Gasteiger partial charge in [-0.1, -0.05) is 12.1 Å². The molecule has 0 atom stereocenters. The van der Waals surface area contributed by atoms with Crippen molar-refractivity contribution in [3.8, 4) is 0 Å². The van der Waals surface area contributed by atoms with E-state index in [1.54, 1.807) is 6.07 Å². The van der Waals surface area contributed by atoms with Crippen LogP contribution in [0.5, 0.6) is 0 Å². The second-order valence-electron chi connectivity index (χ2n) is 3.71. The van der Waals surface area contributed by atoms with Crippen molar-refractivity contribution in [2.75, 3.05) is 0 Å². The van der Waals surface area contributed by atoms with Crippen LogP contribution in [0.15, 0.2) is 41.2 Å². The van der Waals surface area contributed by atoms with Gasteiger partial charge in [-0.25, -0.2) is 9.07 Å². The summed E-state index contributed by atoms with van der Waals surface area (Å²) in [6.07, 6.45) is 0. The number of halogens is 1. The zero-order valence-corrected chi connectivity index (χ0v) is 9.34. The predicted octanol–water partition coefficient (Wildman–Crippen LogP) is 0.530. The Hall–Kier alpha value is -2.50. The van der Waals surface area contributed by atoms with Gasteiger partial charge >= 0.3 is 0 Å². The molecule has 1 amide bonds. The number of primary amides is 1. The predicted molar refractivity (Wildman–Crippen MR) is 62.5 cm³/mol. The summed E-state index contributed by atoms with van der Waals surface area (Å²) in [5, 5.41) is 3.80. The Morgan fingerprint density at radius 3 is 2.78 bits per heavy atom. The Morgan fingerprint density at radius 2 is 2.11 bits per heavy atom. The van der Waals surface area contributed by atoms with E-state index in [2.05, 4.69) is 5.10 Å². The van der Waals surface area contributed by atoms with Crippen LogP contribution in [0.4, 0.5) is 4.39 Å². The molecule has 0 radical (unpaired) electrons. The van der Waals surface area contributed by atoms with Crippen LogP contribution in [0, 0.1) is 5.82 Å². The van der Waals surface area contributed by atoms with Crippen molar-refractivity contribution in [3.63, 3.8) is 0 Å². The first-order chi connectivity index (χ1) is 8.56. The molecule has 18 heavy (non-hydrogen) atoms. The highest BCUT2D eigenvalue weighted by Crippen LogP contribution is 2.04. The van der Waals surface area contributed by atoms with E-state index < -0.39 is 11.7 Å². The average Bonchev–Trinajstić information content (AvgIpc) is 2.31. The standard InChI is InChI=1S/C12H10FN3O2/c13-9-3-1-2-8(6-9)7-16-11(17)5-4-10(15-16)12(14)18/h1-6H,7H2,(H2,14,18). The number of benzene rings is 1. The minimum absolute atomic E-state index is 0.00833. The van der Waals surface area contributed by atoms with Gasteiger partial charge in [0.25, 0.3) is 11.5 Å². The maximum Gasteiger partial charge on any atom is 0.269 e. The normalized spacial score (nSPS) is 10.3. The quantitative estimate of drug-likeness (QED) is 0.859. The molecular formula is C12H10FN3O2. The number of nitrogens with two attached hydrogens (primary N) is 1. The van der Waals surface area contributed by atoms with Gasteiger partial charge in [0.15, 0.2) is 0 Å². The number of nitrogens with zero attached hydrogens (tertiary/aromatic N) is 2. The van der Waals surface area contributed by atoms with E-state index in [9.17, 15) is 14.0 Å². The molecule has 0 bridgehead atoms. The second kappa shape index (κ2) is 4.79. The maximum absolute atomic E-state index is 13.0. The molecule has 1 aromatic carbocycles. The molecule has 2 N–H and O–H groups in total. The van der Waals surface area contributed by atoms with Crippen molar-refractivity contribution >= 4 is 5.91 Å². The number of carbonyl (C=O) groups is 1. The molecule has 0 saturated heterocycles. The average molecular weight is 247 g/mol.